The summed E-state index contributed by atoms with van der Waals surface area (Å²) in [4.78, 5) is 30.6. The quantitative estimate of drug-likeness (QED) is 0.298. The highest BCUT2D eigenvalue weighted by molar-refractivity contribution is 7.12. The summed E-state index contributed by atoms with van der Waals surface area (Å²) < 4.78 is 0. The number of fused-ring (bicyclic) bond motifs is 1. The molecule has 1 aliphatic heterocycles. The molecule has 0 fully saturated rings. The summed E-state index contributed by atoms with van der Waals surface area (Å²) in [6, 6.07) is 27.1. The smallest absolute Gasteiger partial charge is 0.265 e. The van der Waals surface area contributed by atoms with Crippen molar-refractivity contribution in [2.75, 3.05) is 5.32 Å². The zero-order valence-electron chi connectivity index (χ0n) is 18.8. The van der Waals surface area contributed by atoms with Crippen LogP contribution in [0.1, 0.15) is 56.0 Å². The van der Waals surface area contributed by atoms with Crippen molar-refractivity contribution in [2.24, 2.45) is 4.99 Å². The van der Waals surface area contributed by atoms with Crippen molar-refractivity contribution in [1.29, 1.82) is 0 Å². The third-order valence-corrected chi connectivity index (χ3v) is 6.96. The number of amides is 1. The Labute approximate surface area is 203 Å². The second-order valence-electron chi connectivity index (χ2n) is 8.33. The minimum absolute atomic E-state index is 0.0997. The third-order valence-electron chi connectivity index (χ3n) is 6.09. The summed E-state index contributed by atoms with van der Waals surface area (Å²) in [5, 5.41) is 4.83. The van der Waals surface area contributed by atoms with Gasteiger partial charge < -0.3 is 5.32 Å². The van der Waals surface area contributed by atoms with Gasteiger partial charge in [-0.25, -0.2) is 0 Å². The number of nitrogens with zero attached hydrogens (tertiary/aromatic N) is 1. The summed E-state index contributed by atoms with van der Waals surface area (Å²) >= 11 is 1.42. The van der Waals surface area contributed by atoms with Gasteiger partial charge in [-0.05, 0) is 52.8 Å². The molecule has 3 aromatic carbocycles. The molecule has 0 saturated heterocycles. The van der Waals surface area contributed by atoms with E-state index >= 15 is 0 Å². The normalized spacial score (nSPS) is 14.4. The molecule has 34 heavy (non-hydrogen) atoms. The van der Waals surface area contributed by atoms with E-state index in [4.69, 9.17) is 4.99 Å². The summed E-state index contributed by atoms with van der Waals surface area (Å²) in [6.45, 7) is 2.16. The van der Waals surface area contributed by atoms with Crippen LogP contribution in [0.4, 0.5) is 11.4 Å². The number of rotatable bonds is 7. The van der Waals surface area contributed by atoms with Gasteiger partial charge in [-0.2, -0.15) is 0 Å². The van der Waals surface area contributed by atoms with Gasteiger partial charge >= 0.3 is 0 Å². The molecule has 1 N–H and O–H groups in total. The SMILES string of the molecule is CCC1C(c2ccc(NC(=O)c3cccs3)cc2)=Nc2cc(CC(=O)c3ccccc3)ccc21. The maximum absolute atomic E-state index is 12.6. The number of anilines is 1. The Balaban J connectivity index is 1.35. The molecule has 0 saturated carbocycles. The predicted molar refractivity (Wildman–Crippen MR) is 139 cm³/mol. The van der Waals surface area contributed by atoms with Crippen LogP contribution in [0.3, 0.4) is 0 Å². The van der Waals surface area contributed by atoms with Crippen LogP contribution in [-0.4, -0.2) is 17.4 Å². The molecule has 5 heteroatoms. The van der Waals surface area contributed by atoms with Crippen molar-refractivity contribution in [2.45, 2.75) is 25.7 Å². The maximum atomic E-state index is 12.6. The minimum atomic E-state index is -0.0997. The molecule has 4 nitrogen and oxygen atoms in total. The van der Waals surface area contributed by atoms with Crippen LogP contribution < -0.4 is 5.32 Å². The van der Waals surface area contributed by atoms with E-state index in [2.05, 4.69) is 18.3 Å². The van der Waals surface area contributed by atoms with Crippen LogP contribution in [0.15, 0.2) is 95.3 Å². The molecular weight excluding hydrogens is 440 g/mol. The van der Waals surface area contributed by atoms with Crippen molar-refractivity contribution in [3.05, 3.63) is 117 Å². The lowest BCUT2D eigenvalue weighted by Gasteiger charge is -2.13. The number of nitrogens with one attached hydrogen (secondary N) is 1. The highest BCUT2D eigenvalue weighted by Gasteiger charge is 2.27. The van der Waals surface area contributed by atoms with Gasteiger partial charge in [-0.15, -0.1) is 11.3 Å². The fourth-order valence-electron chi connectivity index (χ4n) is 4.36. The Kier molecular flexibility index (Phi) is 6.19. The second-order valence-corrected chi connectivity index (χ2v) is 9.27. The van der Waals surface area contributed by atoms with Crippen LogP contribution in [0, 0.1) is 0 Å². The van der Waals surface area contributed by atoms with E-state index in [1.54, 1.807) is 0 Å². The highest BCUT2D eigenvalue weighted by atomic mass is 32.1. The van der Waals surface area contributed by atoms with Crippen molar-refractivity contribution in [1.82, 2.24) is 0 Å². The lowest BCUT2D eigenvalue weighted by Crippen LogP contribution is -2.11. The first-order valence-corrected chi connectivity index (χ1v) is 12.3. The molecule has 0 bridgehead atoms. The molecule has 0 radical (unpaired) electrons. The number of ketones is 1. The Morgan fingerprint density at radius 2 is 1.74 bits per heavy atom. The topological polar surface area (TPSA) is 58.5 Å². The maximum Gasteiger partial charge on any atom is 0.265 e. The van der Waals surface area contributed by atoms with E-state index < -0.39 is 0 Å². The monoisotopic (exact) mass is 464 g/mol. The molecule has 1 amide bonds. The van der Waals surface area contributed by atoms with Gasteiger partial charge in [-0.1, -0.05) is 67.6 Å². The fraction of sp³-hybridized carbons (Fsp3) is 0.138. The zero-order valence-corrected chi connectivity index (χ0v) is 19.6. The number of thiophene rings is 1. The third kappa shape index (κ3) is 4.47. The van der Waals surface area contributed by atoms with Gasteiger partial charge in [0.05, 0.1) is 16.3 Å². The summed E-state index contributed by atoms with van der Waals surface area (Å²) in [5.41, 5.74) is 6.66. The molecule has 0 aliphatic carbocycles. The van der Waals surface area contributed by atoms with Gasteiger partial charge in [0.1, 0.15) is 0 Å². The second kappa shape index (κ2) is 9.57. The molecule has 0 spiro atoms. The Morgan fingerprint density at radius 1 is 0.941 bits per heavy atom. The Bertz CT molecular complexity index is 1360. The first-order chi connectivity index (χ1) is 16.6. The van der Waals surface area contributed by atoms with E-state index in [-0.39, 0.29) is 17.6 Å². The van der Waals surface area contributed by atoms with Crippen molar-refractivity contribution in [3.8, 4) is 0 Å². The van der Waals surface area contributed by atoms with Crippen molar-refractivity contribution < 1.29 is 9.59 Å². The molecule has 168 valence electrons. The number of benzene rings is 3. The minimum Gasteiger partial charge on any atom is -0.321 e. The van der Waals surface area contributed by atoms with Gasteiger partial charge in [0.2, 0.25) is 0 Å². The van der Waals surface area contributed by atoms with Gasteiger partial charge in [0.15, 0.2) is 5.78 Å². The summed E-state index contributed by atoms with van der Waals surface area (Å²) in [7, 11) is 0. The summed E-state index contributed by atoms with van der Waals surface area (Å²) in [5.74, 6) is 0.216. The van der Waals surface area contributed by atoms with Crippen LogP contribution in [0.2, 0.25) is 0 Å². The lowest BCUT2D eigenvalue weighted by atomic mass is 9.89. The molecule has 5 rings (SSSR count). The molecular formula is C29H24N2O2S. The van der Waals surface area contributed by atoms with E-state index in [0.717, 1.165) is 40.2 Å². The van der Waals surface area contributed by atoms with E-state index in [1.165, 1.54) is 16.9 Å². The van der Waals surface area contributed by atoms with Gasteiger partial charge in [0.25, 0.3) is 5.91 Å². The molecule has 1 unspecified atom stereocenters. The van der Waals surface area contributed by atoms with Crippen LogP contribution >= 0.6 is 11.3 Å². The number of carbonyl (C=O) groups is 2. The number of hydrogen-bond donors (Lipinski definition) is 1. The fourth-order valence-corrected chi connectivity index (χ4v) is 4.98. The average molecular weight is 465 g/mol. The zero-order chi connectivity index (χ0) is 23.5. The number of aliphatic imine (C=N–C) groups is 1. The van der Waals surface area contributed by atoms with Crippen molar-refractivity contribution in [3.63, 3.8) is 0 Å². The molecule has 1 aromatic heterocycles. The van der Waals surface area contributed by atoms with Crippen molar-refractivity contribution >= 4 is 40.1 Å². The average Bonchev–Trinajstić information content (AvgIpc) is 3.53. The first-order valence-electron chi connectivity index (χ1n) is 11.4. The van der Waals surface area contributed by atoms with E-state index in [0.29, 0.717) is 11.3 Å². The number of hydrogen-bond acceptors (Lipinski definition) is 4. The molecule has 1 atom stereocenters. The lowest BCUT2D eigenvalue weighted by molar-refractivity contribution is 0.0991. The molecule has 1 aliphatic rings. The first kappa shape index (κ1) is 22.0. The van der Waals surface area contributed by atoms with Crippen LogP contribution in [-0.2, 0) is 6.42 Å². The van der Waals surface area contributed by atoms with Crippen LogP contribution in [0.25, 0.3) is 0 Å². The summed E-state index contributed by atoms with van der Waals surface area (Å²) in [6.07, 6.45) is 1.29. The highest BCUT2D eigenvalue weighted by Crippen LogP contribution is 2.40. The van der Waals surface area contributed by atoms with Crippen LogP contribution in [0.5, 0.6) is 0 Å². The van der Waals surface area contributed by atoms with Gasteiger partial charge in [0, 0.05) is 23.6 Å². The Morgan fingerprint density at radius 3 is 2.44 bits per heavy atom. The Hall–Kier alpha value is -3.83. The molecule has 2 heterocycles. The predicted octanol–water partition coefficient (Wildman–Crippen LogP) is 7.05. The largest absolute Gasteiger partial charge is 0.321 e. The number of carbonyl (C=O) groups excluding carboxylic acids is 2. The van der Waals surface area contributed by atoms with E-state index in [9.17, 15) is 9.59 Å². The van der Waals surface area contributed by atoms with E-state index in [1.807, 2.05) is 84.2 Å². The standard InChI is InChI=1S/C29H24N2O2S/c1-2-23-24-15-10-19(18-26(32)20-7-4-3-5-8-20)17-25(24)31-28(23)21-11-13-22(14-12-21)30-29(33)27-9-6-16-34-27/h3-17,23H,2,18H2,1H3,(H,30,33). The van der Waals surface area contributed by atoms with Gasteiger partial charge in [-0.3, -0.25) is 14.6 Å². The number of Topliss-reactive ketones (excluding diaryl/α,β-unsaturated/α-hetero) is 1. The molecule has 4 aromatic rings.